The fraction of sp³-hybridized carbons (Fsp3) is 0.412. The molecule has 6 heteroatoms. The third-order valence-corrected chi connectivity index (χ3v) is 4.05. The number of hydrogen-bond acceptors (Lipinski definition) is 3. The molecule has 0 radical (unpaired) electrons. The number of aliphatic hydroxyl groups excluding tert-OH is 1. The third kappa shape index (κ3) is 4.81. The number of aliphatic hydroxyl groups is 1. The molecule has 1 amide bonds. The average molecular weight is 336 g/mol. The molecule has 0 aliphatic heterocycles. The largest absolute Gasteiger partial charge is 0.396 e. The van der Waals surface area contributed by atoms with E-state index in [4.69, 9.17) is 11.6 Å². The van der Waals surface area contributed by atoms with Gasteiger partial charge in [-0.25, -0.2) is 0 Å². The normalized spacial score (nSPS) is 11.5. The van der Waals surface area contributed by atoms with Crippen LogP contribution in [-0.2, 0) is 0 Å². The van der Waals surface area contributed by atoms with Gasteiger partial charge in [-0.05, 0) is 30.4 Å². The van der Waals surface area contributed by atoms with Crippen molar-refractivity contribution in [2.75, 3.05) is 13.2 Å². The standard InChI is InChI=1S/C17H22ClN3O2/c1-17(2,11-22)8-5-9-19-16(23)15-10-14(20-21-15)12-6-3-4-7-13(12)18/h3-4,6-7,10,22H,5,8-9,11H2,1-2H3,(H,19,23)(H,20,21). The second kappa shape index (κ2) is 7.62. The number of H-pyrrole nitrogens is 1. The zero-order valence-corrected chi connectivity index (χ0v) is 14.2. The van der Waals surface area contributed by atoms with Gasteiger partial charge in [-0.15, -0.1) is 0 Å². The van der Waals surface area contributed by atoms with Crippen molar-refractivity contribution in [1.29, 1.82) is 0 Å². The van der Waals surface area contributed by atoms with E-state index in [0.717, 1.165) is 18.4 Å². The first kappa shape index (κ1) is 17.5. The van der Waals surface area contributed by atoms with Crippen LogP contribution in [-0.4, -0.2) is 34.4 Å². The first-order valence-corrected chi connectivity index (χ1v) is 8.00. The number of nitrogens with zero attached hydrogens (tertiary/aromatic N) is 1. The molecule has 1 aromatic heterocycles. The summed E-state index contributed by atoms with van der Waals surface area (Å²) in [6.07, 6.45) is 1.66. The second-order valence-electron chi connectivity index (χ2n) is 6.33. The number of carbonyl (C=O) groups is 1. The van der Waals surface area contributed by atoms with Crippen molar-refractivity contribution in [1.82, 2.24) is 15.5 Å². The van der Waals surface area contributed by atoms with E-state index >= 15 is 0 Å². The fourth-order valence-corrected chi connectivity index (χ4v) is 2.42. The van der Waals surface area contributed by atoms with Crippen LogP contribution in [0, 0.1) is 5.41 Å². The van der Waals surface area contributed by atoms with Crippen LogP contribution in [0.15, 0.2) is 30.3 Å². The van der Waals surface area contributed by atoms with Crippen LogP contribution in [0.5, 0.6) is 0 Å². The highest BCUT2D eigenvalue weighted by atomic mass is 35.5. The number of aromatic amines is 1. The molecule has 3 N–H and O–H groups in total. The van der Waals surface area contributed by atoms with E-state index in [1.54, 1.807) is 12.1 Å². The van der Waals surface area contributed by atoms with Crippen molar-refractivity contribution in [2.24, 2.45) is 5.41 Å². The maximum Gasteiger partial charge on any atom is 0.269 e. The van der Waals surface area contributed by atoms with E-state index in [1.807, 2.05) is 32.0 Å². The highest BCUT2D eigenvalue weighted by Crippen LogP contribution is 2.26. The van der Waals surface area contributed by atoms with Gasteiger partial charge in [-0.1, -0.05) is 43.6 Å². The van der Waals surface area contributed by atoms with Crippen LogP contribution in [0.4, 0.5) is 0 Å². The second-order valence-corrected chi connectivity index (χ2v) is 6.74. The zero-order valence-electron chi connectivity index (χ0n) is 13.4. The summed E-state index contributed by atoms with van der Waals surface area (Å²) in [5.74, 6) is -0.197. The Labute approximate surface area is 141 Å². The molecule has 1 heterocycles. The van der Waals surface area contributed by atoms with Gasteiger partial charge in [-0.2, -0.15) is 5.10 Å². The Hall–Kier alpha value is -1.85. The minimum Gasteiger partial charge on any atom is -0.396 e. The number of aromatic nitrogens is 2. The van der Waals surface area contributed by atoms with Crippen molar-refractivity contribution in [3.63, 3.8) is 0 Å². The third-order valence-electron chi connectivity index (χ3n) is 3.72. The van der Waals surface area contributed by atoms with E-state index in [1.165, 1.54) is 0 Å². The lowest BCUT2D eigenvalue weighted by Crippen LogP contribution is -2.26. The van der Waals surface area contributed by atoms with E-state index in [2.05, 4.69) is 15.5 Å². The van der Waals surface area contributed by atoms with Crippen molar-refractivity contribution in [3.05, 3.63) is 41.0 Å². The first-order chi connectivity index (χ1) is 10.9. The molecule has 2 aromatic rings. The lowest BCUT2D eigenvalue weighted by atomic mass is 9.89. The predicted molar refractivity (Wildman–Crippen MR) is 91.5 cm³/mol. The number of rotatable bonds is 7. The summed E-state index contributed by atoms with van der Waals surface area (Å²) in [6.45, 7) is 4.70. The number of carbonyl (C=O) groups excluding carboxylic acids is 1. The Bertz CT molecular complexity index is 667. The quantitative estimate of drug-likeness (QED) is 0.679. The highest BCUT2D eigenvalue weighted by molar-refractivity contribution is 6.33. The molecule has 0 saturated heterocycles. The number of benzene rings is 1. The maximum absolute atomic E-state index is 12.1. The van der Waals surface area contributed by atoms with Crippen molar-refractivity contribution in [3.8, 4) is 11.3 Å². The van der Waals surface area contributed by atoms with Crippen LogP contribution < -0.4 is 5.32 Å². The SMILES string of the molecule is CC(C)(CO)CCCNC(=O)c1cc(-c2ccccc2Cl)n[nH]1. The van der Waals surface area contributed by atoms with Gasteiger partial charge in [0.05, 0.1) is 10.7 Å². The predicted octanol–water partition coefficient (Wildman–Crippen LogP) is 3.26. The summed E-state index contributed by atoms with van der Waals surface area (Å²) in [5, 5.41) is 19.5. The molecule has 0 aliphatic carbocycles. The Morgan fingerprint density at radius 3 is 2.83 bits per heavy atom. The molecule has 0 saturated carbocycles. The molecule has 0 fully saturated rings. The monoisotopic (exact) mass is 335 g/mol. The van der Waals surface area contributed by atoms with Crippen LogP contribution in [0.3, 0.4) is 0 Å². The number of amides is 1. The molecule has 0 spiro atoms. The first-order valence-electron chi connectivity index (χ1n) is 7.62. The Morgan fingerprint density at radius 1 is 1.39 bits per heavy atom. The minimum atomic E-state index is -0.197. The molecule has 124 valence electrons. The van der Waals surface area contributed by atoms with Crippen molar-refractivity contribution >= 4 is 17.5 Å². The fourth-order valence-electron chi connectivity index (χ4n) is 2.19. The van der Waals surface area contributed by atoms with Gasteiger partial charge in [0.2, 0.25) is 0 Å². The van der Waals surface area contributed by atoms with Crippen LogP contribution in [0.25, 0.3) is 11.3 Å². The van der Waals surface area contributed by atoms with Crippen molar-refractivity contribution < 1.29 is 9.90 Å². The molecule has 0 atom stereocenters. The molecule has 2 rings (SSSR count). The number of nitrogens with one attached hydrogen (secondary N) is 2. The van der Waals surface area contributed by atoms with Gasteiger partial charge in [0.25, 0.3) is 5.91 Å². The summed E-state index contributed by atoms with van der Waals surface area (Å²) in [4.78, 5) is 12.1. The summed E-state index contributed by atoms with van der Waals surface area (Å²) in [6, 6.07) is 9.05. The van der Waals surface area contributed by atoms with Gasteiger partial charge in [0.1, 0.15) is 5.69 Å². The molecule has 1 aromatic carbocycles. The summed E-state index contributed by atoms with van der Waals surface area (Å²) < 4.78 is 0. The molecule has 5 nitrogen and oxygen atoms in total. The maximum atomic E-state index is 12.1. The zero-order chi connectivity index (χ0) is 16.9. The highest BCUT2D eigenvalue weighted by Gasteiger charge is 2.16. The van der Waals surface area contributed by atoms with E-state index in [-0.39, 0.29) is 17.9 Å². The smallest absolute Gasteiger partial charge is 0.269 e. The van der Waals surface area contributed by atoms with Crippen LogP contribution >= 0.6 is 11.6 Å². The average Bonchev–Trinajstić information content (AvgIpc) is 3.01. The van der Waals surface area contributed by atoms with Crippen LogP contribution in [0.1, 0.15) is 37.2 Å². The lowest BCUT2D eigenvalue weighted by molar-refractivity contribution is 0.0943. The van der Waals surface area contributed by atoms with Gasteiger partial charge >= 0.3 is 0 Å². The van der Waals surface area contributed by atoms with Gasteiger partial charge in [0, 0.05) is 18.7 Å². The van der Waals surface area contributed by atoms with E-state index in [0.29, 0.717) is 23.0 Å². The summed E-state index contributed by atoms with van der Waals surface area (Å²) >= 11 is 6.13. The Balaban J connectivity index is 1.91. The minimum absolute atomic E-state index is 0.115. The Morgan fingerprint density at radius 2 is 2.13 bits per heavy atom. The summed E-state index contributed by atoms with van der Waals surface area (Å²) in [5.41, 5.74) is 1.72. The van der Waals surface area contributed by atoms with Crippen LogP contribution in [0.2, 0.25) is 5.02 Å². The topological polar surface area (TPSA) is 78.0 Å². The molecular formula is C17H22ClN3O2. The summed E-state index contributed by atoms with van der Waals surface area (Å²) in [7, 11) is 0. The number of halogens is 1. The Kier molecular flexibility index (Phi) is 5.80. The van der Waals surface area contributed by atoms with E-state index < -0.39 is 0 Å². The van der Waals surface area contributed by atoms with Gasteiger partial charge < -0.3 is 10.4 Å². The molecule has 0 bridgehead atoms. The molecule has 0 unspecified atom stereocenters. The van der Waals surface area contributed by atoms with Gasteiger partial charge in [0.15, 0.2) is 0 Å². The van der Waals surface area contributed by atoms with Crippen molar-refractivity contribution in [2.45, 2.75) is 26.7 Å². The molecule has 23 heavy (non-hydrogen) atoms. The molecular weight excluding hydrogens is 314 g/mol. The van der Waals surface area contributed by atoms with Gasteiger partial charge in [-0.3, -0.25) is 9.89 Å². The molecule has 0 aliphatic rings. The lowest BCUT2D eigenvalue weighted by Gasteiger charge is -2.21. The van der Waals surface area contributed by atoms with E-state index in [9.17, 15) is 9.90 Å². The number of hydrogen-bond donors (Lipinski definition) is 3.